The molecule has 1 aromatic carbocycles. The summed E-state index contributed by atoms with van der Waals surface area (Å²) in [6.45, 7) is 1.81. The zero-order valence-corrected chi connectivity index (χ0v) is 11.1. The quantitative estimate of drug-likeness (QED) is 0.622. The zero-order valence-electron chi connectivity index (χ0n) is 8.61. The molecule has 0 fully saturated rings. The Labute approximate surface area is 104 Å². The standard InChI is InChI=1S/C11H10N2OSSe/c1-7-9(14)12-11(15)13-10(7)16-8-5-3-2-4-6-8/h2-6H,1H3,(H2,12,13,14,15). The number of hydrogen-bond acceptors (Lipinski definition) is 2. The van der Waals surface area contributed by atoms with Crippen molar-refractivity contribution >= 4 is 36.2 Å². The summed E-state index contributed by atoms with van der Waals surface area (Å²) in [6, 6.07) is 10.1. The summed E-state index contributed by atoms with van der Waals surface area (Å²) in [4.78, 5) is 17.1. The topological polar surface area (TPSA) is 48.6 Å². The van der Waals surface area contributed by atoms with Crippen molar-refractivity contribution in [1.29, 1.82) is 0 Å². The summed E-state index contributed by atoms with van der Waals surface area (Å²) < 4.78 is 2.55. The molecule has 82 valence electrons. The van der Waals surface area contributed by atoms with Gasteiger partial charge in [0, 0.05) is 0 Å². The maximum atomic E-state index is 11.5. The molecule has 16 heavy (non-hydrogen) atoms. The number of benzene rings is 1. The minimum absolute atomic E-state index is 0.0904. The molecule has 0 bridgehead atoms. The molecule has 2 rings (SSSR count). The second-order valence-electron chi connectivity index (χ2n) is 3.28. The van der Waals surface area contributed by atoms with Crippen LogP contribution in [0.1, 0.15) is 5.56 Å². The molecule has 0 saturated heterocycles. The molecule has 0 amide bonds. The molecular formula is C11H10N2OSSe. The Hall–Kier alpha value is -1.16. The van der Waals surface area contributed by atoms with Gasteiger partial charge in [0.1, 0.15) is 0 Å². The predicted octanol–water partition coefficient (Wildman–Crippen LogP) is 0.396. The minimum atomic E-state index is -0.100. The van der Waals surface area contributed by atoms with Crippen molar-refractivity contribution in [3.05, 3.63) is 51.0 Å². The van der Waals surface area contributed by atoms with Gasteiger partial charge in [-0.15, -0.1) is 0 Å². The monoisotopic (exact) mass is 298 g/mol. The predicted molar refractivity (Wildman–Crippen MR) is 68.4 cm³/mol. The van der Waals surface area contributed by atoms with Crippen LogP contribution in [0.2, 0.25) is 0 Å². The van der Waals surface area contributed by atoms with E-state index in [0.717, 1.165) is 10.2 Å². The van der Waals surface area contributed by atoms with Gasteiger partial charge in [0.2, 0.25) is 0 Å². The Morgan fingerprint density at radius 2 is 1.88 bits per heavy atom. The van der Waals surface area contributed by atoms with Crippen LogP contribution in [-0.2, 0) is 0 Å². The summed E-state index contributed by atoms with van der Waals surface area (Å²) in [5, 5.41) is 0. The number of nitrogens with one attached hydrogen (secondary N) is 2. The van der Waals surface area contributed by atoms with Gasteiger partial charge in [-0.25, -0.2) is 0 Å². The Bertz CT molecular complexity index is 603. The third-order valence-corrected chi connectivity index (χ3v) is 4.65. The van der Waals surface area contributed by atoms with E-state index in [0.29, 0.717) is 4.77 Å². The number of aromatic nitrogens is 2. The number of rotatable bonds is 2. The van der Waals surface area contributed by atoms with E-state index in [1.165, 1.54) is 4.46 Å². The van der Waals surface area contributed by atoms with Crippen molar-refractivity contribution in [2.75, 3.05) is 0 Å². The SMILES string of the molecule is Cc1c([Se]c2ccccc2)[nH]c(=S)[nH]c1=O. The van der Waals surface area contributed by atoms with Crippen molar-refractivity contribution in [2.45, 2.75) is 6.92 Å². The first kappa shape index (κ1) is 11.3. The molecule has 3 nitrogen and oxygen atoms in total. The van der Waals surface area contributed by atoms with E-state index >= 15 is 0 Å². The third-order valence-electron chi connectivity index (χ3n) is 2.10. The molecule has 0 spiro atoms. The average Bonchev–Trinajstić information content (AvgIpc) is 2.27. The third kappa shape index (κ3) is 2.50. The van der Waals surface area contributed by atoms with Crippen LogP contribution in [0.5, 0.6) is 0 Å². The molecule has 0 aliphatic rings. The molecule has 2 N–H and O–H groups in total. The van der Waals surface area contributed by atoms with Crippen molar-refractivity contribution in [3.63, 3.8) is 0 Å². The number of hydrogen-bond donors (Lipinski definition) is 2. The van der Waals surface area contributed by atoms with E-state index in [-0.39, 0.29) is 20.5 Å². The van der Waals surface area contributed by atoms with E-state index in [1.54, 1.807) is 0 Å². The summed E-state index contributed by atoms with van der Waals surface area (Å²) >= 11 is 5.05. The Morgan fingerprint density at radius 3 is 2.56 bits per heavy atom. The van der Waals surface area contributed by atoms with Crippen LogP contribution in [0.3, 0.4) is 0 Å². The van der Waals surface area contributed by atoms with Crippen LogP contribution < -0.4 is 14.6 Å². The molecule has 1 heterocycles. The summed E-state index contributed by atoms with van der Waals surface area (Å²) in [6.07, 6.45) is 0. The fourth-order valence-corrected chi connectivity index (χ4v) is 3.52. The maximum absolute atomic E-state index is 11.5. The van der Waals surface area contributed by atoms with Gasteiger partial charge in [0.05, 0.1) is 0 Å². The summed E-state index contributed by atoms with van der Waals surface area (Å²) in [5.41, 5.74) is 0.619. The van der Waals surface area contributed by atoms with E-state index in [4.69, 9.17) is 12.2 Å². The second kappa shape index (κ2) is 4.78. The van der Waals surface area contributed by atoms with E-state index in [9.17, 15) is 4.79 Å². The Kier molecular flexibility index (Phi) is 3.39. The van der Waals surface area contributed by atoms with Crippen molar-refractivity contribution in [1.82, 2.24) is 9.97 Å². The van der Waals surface area contributed by atoms with E-state index in [2.05, 4.69) is 22.1 Å². The van der Waals surface area contributed by atoms with Gasteiger partial charge in [-0.2, -0.15) is 0 Å². The van der Waals surface area contributed by atoms with Crippen LogP contribution in [0.15, 0.2) is 35.1 Å². The molecule has 0 aliphatic heterocycles. The van der Waals surface area contributed by atoms with Crippen LogP contribution in [0.25, 0.3) is 0 Å². The van der Waals surface area contributed by atoms with Crippen molar-refractivity contribution in [3.8, 4) is 0 Å². The van der Waals surface area contributed by atoms with Crippen LogP contribution in [0, 0.1) is 11.7 Å². The first-order chi connectivity index (χ1) is 7.66. The van der Waals surface area contributed by atoms with E-state index in [1.807, 2.05) is 25.1 Å². The first-order valence-electron chi connectivity index (χ1n) is 4.73. The normalized spacial score (nSPS) is 10.3. The van der Waals surface area contributed by atoms with Crippen LogP contribution >= 0.6 is 12.2 Å². The first-order valence-corrected chi connectivity index (χ1v) is 6.85. The second-order valence-corrected chi connectivity index (χ2v) is 5.96. The van der Waals surface area contributed by atoms with Crippen molar-refractivity contribution < 1.29 is 0 Å². The molecule has 1 aromatic heterocycles. The molecule has 0 unspecified atom stereocenters. The summed E-state index contributed by atoms with van der Waals surface area (Å²) in [7, 11) is 0. The van der Waals surface area contributed by atoms with Gasteiger partial charge in [0.15, 0.2) is 0 Å². The fourth-order valence-electron chi connectivity index (χ4n) is 1.24. The van der Waals surface area contributed by atoms with Gasteiger partial charge in [-0.05, 0) is 0 Å². The van der Waals surface area contributed by atoms with Gasteiger partial charge < -0.3 is 0 Å². The molecular weight excluding hydrogens is 287 g/mol. The molecule has 0 aliphatic carbocycles. The summed E-state index contributed by atoms with van der Waals surface area (Å²) in [5.74, 6) is 0. The molecule has 0 radical (unpaired) electrons. The van der Waals surface area contributed by atoms with Gasteiger partial charge in [-0.3, -0.25) is 0 Å². The molecule has 5 heteroatoms. The van der Waals surface area contributed by atoms with Gasteiger partial charge in [0.25, 0.3) is 0 Å². The van der Waals surface area contributed by atoms with Crippen LogP contribution in [-0.4, -0.2) is 24.9 Å². The van der Waals surface area contributed by atoms with Crippen LogP contribution in [0.4, 0.5) is 0 Å². The molecule has 2 aromatic rings. The number of aromatic amines is 2. The van der Waals surface area contributed by atoms with Gasteiger partial charge >= 0.3 is 104 Å². The number of H-pyrrole nitrogens is 2. The Balaban J connectivity index is 2.43. The Morgan fingerprint density at radius 1 is 1.19 bits per heavy atom. The average molecular weight is 297 g/mol. The fraction of sp³-hybridized carbons (Fsp3) is 0.0909. The van der Waals surface area contributed by atoms with E-state index < -0.39 is 0 Å². The van der Waals surface area contributed by atoms with Gasteiger partial charge in [-0.1, -0.05) is 0 Å². The van der Waals surface area contributed by atoms with Crippen molar-refractivity contribution in [2.24, 2.45) is 0 Å². The molecule has 0 atom stereocenters. The molecule has 0 saturated carbocycles. The zero-order chi connectivity index (χ0) is 11.5.